The van der Waals surface area contributed by atoms with Crippen LogP contribution in [0.4, 0.5) is 11.4 Å². The zero-order chi connectivity index (χ0) is 13.8. The Labute approximate surface area is 111 Å². The molecule has 1 aromatic carbocycles. The molecule has 1 heterocycles. The standard InChI is InChI=1S/C14H17N3O2/c1-17(7-5-10-4-6-16-9-10)13-3-2-11(14(18)19)8-12(13)15/h2-4,6,8-9,16H,5,7,15H2,1H3,(H,18,19). The third-order valence-corrected chi connectivity index (χ3v) is 3.08. The quantitative estimate of drug-likeness (QED) is 0.717. The van der Waals surface area contributed by atoms with Gasteiger partial charge in [0.25, 0.3) is 0 Å². The highest BCUT2D eigenvalue weighted by Gasteiger charge is 2.09. The van der Waals surface area contributed by atoms with Crippen molar-refractivity contribution in [1.29, 1.82) is 0 Å². The lowest BCUT2D eigenvalue weighted by Crippen LogP contribution is -2.21. The highest BCUT2D eigenvalue weighted by atomic mass is 16.4. The number of nitrogens with one attached hydrogen (secondary N) is 1. The Kier molecular flexibility index (Phi) is 3.75. The van der Waals surface area contributed by atoms with Crippen molar-refractivity contribution in [2.24, 2.45) is 0 Å². The number of nitrogen functional groups attached to an aromatic ring is 1. The van der Waals surface area contributed by atoms with Gasteiger partial charge in [-0.05, 0) is 36.2 Å². The molecule has 0 aliphatic carbocycles. The summed E-state index contributed by atoms with van der Waals surface area (Å²) in [6.07, 6.45) is 4.76. The van der Waals surface area contributed by atoms with E-state index in [0.29, 0.717) is 5.69 Å². The van der Waals surface area contributed by atoms with E-state index >= 15 is 0 Å². The van der Waals surface area contributed by atoms with Crippen molar-refractivity contribution in [3.05, 3.63) is 47.8 Å². The molecule has 5 nitrogen and oxygen atoms in total. The average molecular weight is 259 g/mol. The number of hydrogen-bond donors (Lipinski definition) is 3. The first-order valence-corrected chi connectivity index (χ1v) is 6.03. The number of benzene rings is 1. The number of H-pyrrole nitrogens is 1. The van der Waals surface area contributed by atoms with E-state index in [-0.39, 0.29) is 5.56 Å². The molecule has 2 rings (SSSR count). The molecule has 0 unspecified atom stereocenters. The normalized spacial score (nSPS) is 10.4. The summed E-state index contributed by atoms with van der Waals surface area (Å²) in [5, 5.41) is 8.89. The molecule has 0 bridgehead atoms. The van der Waals surface area contributed by atoms with Gasteiger partial charge in [-0.2, -0.15) is 0 Å². The van der Waals surface area contributed by atoms with Crippen LogP contribution < -0.4 is 10.6 Å². The minimum atomic E-state index is -0.965. The molecule has 0 amide bonds. The summed E-state index contributed by atoms with van der Waals surface area (Å²) < 4.78 is 0. The van der Waals surface area contributed by atoms with Crippen molar-refractivity contribution in [3.8, 4) is 0 Å². The third-order valence-electron chi connectivity index (χ3n) is 3.08. The number of hydrogen-bond acceptors (Lipinski definition) is 3. The monoisotopic (exact) mass is 259 g/mol. The maximum Gasteiger partial charge on any atom is 0.335 e. The van der Waals surface area contributed by atoms with Crippen molar-refractivity contribution < 1.29 is 9.90 Å². The molecule has 0 atom stereocenters. The highest BCUT2D eigenvalue weighted by Crippen LogP contribution is 2.23. The van der Waals surface area contributed by atoms with Crippen LogP contribution in [0.5, 0.6) is 0 Å². The molecule has 5 heteroatoms. The number of carbonyl (C=O) groups is 1. The Morgan fingerprint density at radius 1 is 1.42 bits per heavy atom. The number of carboxylic acid groups (broad SMARTS) is 1. The van der Waals surface area contributed by atoms with Gasteiger partial charge in [-0.25, -0.2) is 4.79 Å². The lowest BCUT2D eigenvalue weighted by Gasteiger charge is -2.21. The summed E-state index contributed by atoms with van der Waals surface area (Å²) >= 11 is 0. The van der Waals surface area contributed by atoms with Gasteiger partial charge in [0, 0.05) is 26.0 Å². The lowest BCUT2D eigenvalue weighted by molar-refractivity contribution is 0.0697. The summed E-state index contributed by atoms with van der Waals surface area (Å²) in [6, 6.07) is 6.84. The molecule has 0 aliphatic heterocycles. The predicted molar refractivity (Wildman–Crippen MR) is 75.6 cm³/mol. The van der Waals surface area contributed by atoms with Crippen molar-refractivity contribution >= 4 is 17.3 Å². The molecule has 19 heavy (non-hydrogen) atoms. The summed E-state index contributed by atoms with van der Waals surface area (Å²) in [5.41, 5.74) is 8.67. The van der Waals surface area contributed by atoms with Gasteiger partial charge in [0.15, 0.2) is 0 Å². The second kappa shape index (κ2) is 5.48. The number of likely N-dealkylation sites (N-methyl/N-ethyl adjacent to an activating group) is 1. The van der Waals surface area contributed by atoms with Crippen LogP contribution in [0.3, 0.4) is 0 Å². The average Bonchev–Trinajstić information content (AvgIpc) is 2.88. The molecule has 1 aromatic heterocycles. The number of carboxylic acids is 1. The molecular formula is C14H17N3O2. The number of rotatable bonds is 5. The summed E-state index contributed by atoms with van der Waals surface area (Å²) in [5.74, 6) is -0.965. The summed E-state index contributed by atoms with van der Waals surface area (Å²) in [6.45, 7) is 0.814. The number of anilines is 2. The van der Waals surface area contributed by atoms with Crippen LogP contribution in [0.1, 0.15) is 15.9 Å². The maximum absolute atomic E-state index is 10.8. The SMILES string of the molecule is CN(CCc1cc[nH]c1)c1ccc(C(=O)O)cc1N. The molecule has 0 aliphatic rings. The largest absolute Gasteiger partial charge is 0.478 e. The van der Waals surface area contributed by atoms with Crippen LogP contribution >= 0.6 is 0 Å². The van der Waals surface area contributed by atoms with Gasteiger partial charge in [-0.15, -0.1) is 0 Å². The van der Waals surface area contributed by atoms with Crippen molar-refractivity contribution in [3.63, 3.8) is 0 Å². The molecule has 4 N–H and O–H groups in total. The Morgan fingerprint density at radius 2 is 2.21 bits per heavy atom. The van der Waals surface area contributed by atoms with Gasteiger partial charge >= 0.3 is 5.97 Å². The Bertz CT molecular complexity index is 564. The predicted octanol–water partition coefficient (Wildman–Crippen LogP) is 1.97. The molecule has 0 saturated heterocycles. The molecule has 0 radical (unpaired) electrons. The van der Waals surface area contributed by atoms with Crippen LogP contribution in [0.2, 0.25) is 0 Å². The van der Waals surface area contributed by atoms with Crippen LogP contribution in [0.15, 0.2) is 36.7 Å². The summed E-state index contributed by atoms with van der Waals surface area (Å²) in [7, 11) is 1.94. The lowest BCUT2D eigenvalue weighted by atomic mass is 10.1. The van der Waals surface area contributed by atoms with Gasteiger partial charge in [-0.1, -0.05) is 0 Å². The fourth-order valence-corrected chi connectivity index (χ4v) is 1.97. The number of nitrogens with zero attached hydrogens (tertiary/aromatic N) is 1. The zero-order valence-electron chi connectivity index (χ0n) is 10.8. The fourth-order valence-electron chi connectivity index (χ4n) is 1.97. The number of aromatic carboxylic acids is 1. The Morgan fingerprint density at radius 3 is 2.79 bits per heavy atom. The van der Waals surface area contributed by atoms with E-state index in [1.807, 2.05) is 30.4 Å². The van der Waals surface area contributed by atoms with E-state index in [1.54, 1.807) is 12.1 Å². The minimum Gasteiger partial charge on any atom is -0.478 e. The van der Waals surface area contributed by atoms with Gasteiger partial charge in [0.1, 0.15) is 0 Å². The highest BCUT2D eigenvalue weighted by molar-refractivity contribution is 5.90. The Balaban J connectivity index is 2.06. The van der Waals surface area contributed by atoms with E-state index in [4.69, 9.17) is 10.8 Å². The third kappa shape index (κ3) is 3.07. The molecular weight excluding hydrogens is 242 g/mol. The second-order valence-corrected chi connectivity index (χ2v) is 4.47. The van der Waals surface area contributed by atoms with Crippen molar-refractivity contribution in [1.82, 2.24) is 4.98 Å². The number of nitrogens with two attached hydrogens (primary N) is 1. The van der Waals surface area contributed by atoms with Crippen LogP contribution in [0.25, 0.3) is 0 Å². The van der Waals surface area contributed by atoms with Gasteiger partial charge < -0.3 is 20.7 Å². The Hall–Kier alpha value is -2.43. The number of aromatic amines is 1. The maximum atomic E-state index is 10.8. The zero-order valence-corrected chi connectivity index (χ0v) is 10.8. The number of aromatic nitrogens is 1. The van der Waals surface area contributed by atoms with Gasteiger partial charge in [0.05, 0.1) is 16.9 Å². The molecule has 2 aromatic rings. The van der Waals surface area contributed by atoms with Gasteiger partial charge in [0.2, 0.25) is 0 Å². The smallest absolute Gasteiger partial charge is 0.335 e. The molecule has 0 fully saturated rings. The minimum absolute atomic E-state index is 0.209. The summed E-state index contributed by atoms with van der Waals surface area (Å²) in [4.78, 5) is 15.9. The first-order valence-electron chi connectivity index (χ1n) is 6.03. The van der Waals surface area contributed by atoms with Crippen LogP contribution in [-0.2, 0) is 6.42 Å². The van der Waals surface area contributed by atoms with Crippen molar-refractivity contribution in [2.45, 2.75) is 6.42 Å². The van der Waals surface area contributed by atoms with E-state index < -0.39 is 5.97 Å². The van der Waals surface area contributed by atoms with E-state index in [9.17, 15) is 4.79 Å². The van der Waals surface area contributed by atoms with E-state index in [0.717, 1.165) is 18.7 Å². The second-order valence-electron chi connectivity index (χ2n) is 4.47. The molecule has 0 saturated carbocycles. The molecule has 100 valence electrons. The van der Waals surface area contributed by atoms with E-state index in [1.165, 1.54) is 11.6 Å². The topological polar surface area (TPSA) is 82.3 Å². The van der Waals surface area contributed by atoms with Crippen LogP contribution in [0, 0.1) is 0 Å². The van der Waals surface area contributed by atoms with E-state index in [2.05, 4.69) is 4.98 Å². The first kappa shape index (κ1) is 13.0. The molecule has 0 spiro atoms. The van der Waals surface area contributed by atoms with Gasteiger partial charge in [-0.3, -0.25) is 0 Å². The van der Waals surface area contributed by atoms with Crippen molar-refractivity contribution in [2.75, 3.05) is 24.2 Å². The fraction of sp³-hybridized carbons (Fsp3) is 0.214. The van der Waals surface area contributed by atoms with Crippen LogP contribution in [-0.4, -0.2) is 29.7 Å². The first-order chi connectivity index (χ1) is 9.08.